The Balaban J connectivity index is 1.64. The Bertz CT molecular complexity index is 1430. The number of halogens is 4. The lowest BCUT2D eigenvalue weighted by molar-refractivity contribution is -0.139. The minimum atomic E-state index is -3.08. The van der Waals surface area contributed by atoms with Gasteiger partial charge in [0.1, 0.15) is 12.4 Å². The van der Waals surface area contributed by atoms with Crippen molar-refractivity contribution < 1.29 is 41.7 Å². The summed E-state index contributed by atoms with van der Waals surface area (Å²) in [5.41, 5.74) is 2.39. The second-order valence-corrected chi connectivity index (χ2v) is 10.3. The number of hydrogen-bond donors (Lipinski definition) is 1. The quantitative estimate of drug-likeness (QED) is 0.376. The lowest BCUT2D eigenvalue weighted by Crippen LogP contribution is -2.42. The molecule has 5 rings (SSSR count). The fourth-order valence-corrected chi connectivity index (χ4v) is 5.75. The number of carboxylic acids is 1. The molecule has 2 aliphatic rings. The van der Waals surface area contributed by atoms with E-state index in [9.17, 15) is 32.3 Å². The molecule has 40 heavy (non-hydrogen) atoms. The van der Waals surface area contributed by atoms with Crippen LogP contribution < -0.4 is 4.90 Å². The van der Waals surface area contributed by atoms with Gasteiger partial charge in [-0.3, -0.25) is 9.69 Å². The van der Waals surface area contributed by atoms with Crippen molar-refractivity contribution in [2.75, 3.05) is 25.2 Å². The molecule has 0 bridgehead atoms. The lowest BCUT2D eigenvalue weighted by atomic mass is 9.94. The molecule has 12 heteroatoms. The lowest BCUT2D eigenvalue weighted by Gasteiger charge is -2.34. The number of ether oxygens (including phenoxy) is 2. The summed E-state index contributed by atoms with van der Waals surface area (Å²) in [5, 5.41) is 10.1. The van der Waals surface area contributed by atoms with Gasteiger partial charge in [-0.15, -0.1) is 0 Å². The summed E-state index contributed by atoms with van der Waals surface area (Å²) in [6.07, 6.45) is -2.76. The van der Waals surface area contributed by atoms with Gasteiger partial charge in [0.05, 0.1) is 42.4 Å². The molecule has 1 fully saturated rings. The zero-order valence-electron chi connectivity index (χ0n) is 21.9. The number of amides is 1. The van der Waals surface area contributed by atoms with Crippen LogP contribution >= 0.6 is 0 Å². The number of nitrogens with zero attached hydrogens (tertiary/aromatic N) is 3. The molecule has 214 valence electrons. The van der Waals surface area contributed by atoms with Crippen LogP contribution in [0.25, 0.3) is 11.0 Å². The predicted molar refractivity (Wildman–Crippen MR) is 137 cm³/mol. The van der Waals surface area contributed by atoms with Crippen molar-refractivity contribution >= 4 is 28.8 Å². The fourth-order valence-electron chi connectivity index (χ4n) is 5.75. The number of carboxylic acid groups (broad SMARTS) is 1. The Morgan fingerprint density at radius 1 is 1.18 bits per heavy atom. The van der Waals surface area contributed by atoms with E-state index in [1.165, 1.54) is 36.3 Å². The molecule has 8 nitrogen and oxygen atoms in total. The first-order chi connectivity index (χ1) is 19.0. The van der Waals surface area contributed by atoms with E-state index in [0.717, 1.165) is 5.56 Å². The Hall–Kier alpha value is -3.67. The van der Waals surface area contributed by atoms with Gasteiger partial charge >= 0.3 is 12.1 Å². The molecule has 0 radical (unpaired) electrons. The number of rotatable bonds is 6. The van der Waals surface area contributed by atoms with E-state index in [1.807, 2.05) is 6.92 Å². The molecule has 2 aliphatic heterocycles. The summed E-state index contributed by atoms with van der Waals surface area (Å²) >= 11 is 0. The summed E-state index contributed by atoms with van der Waals surface area (Å²) in [7, 11) is 1.29. The number of hydrogen-bond acceptors (Lipinski definition) is 5. The second-order valence-electron chi connectivity index (χ2n) is 10.3. The van der Waals surface area contributed by atoms with Crippen LogP contribution in [0, 0.1) is 0 Å². The largest absolute Gasteiger partial charge is 0.481 e. The van der Waals surface area contributed by atoms with Gasteiger partial charge < -0.3 is 19.1 Å². The smallest absolute Gasteiger partial charge is 0.414 e. The van der Waals surface area contributed by atoms with Crippen molar-refractivity contribution in [1.29, 1.82) is 0 Å². The Labute approximate surface area is 227 Å². The summed E-state index contributed by atoms with van der Waals surface area (Å²) in [6, 6.07) is 7.48. The summed E-state index contributed by atoms with van der Waals surface area (Å²) in [4.78, 5) is 31.3. The van der Waals surface area contributed by atoms with Gasteiger partial charge in [0.2, 0.25) is 0 Å². The highest BCUT2D eigenvalue weighted by molar-refractivity contribution is 5.95. The molecule has 0 saturated carbocycles. The van der Waals surface area contributed by atoms with Crippen molar-refractivity contribution in [2.24, 2.45) is 0 Å². The topological polar surface area (TPSA) is 93.9 Å². The molecule has 1 amide bonds. The average molecular weight is 564 g/mol. The van der Waals surface area contributed by atoms with E-state index in [0.29, 0.717) is 29.6 Å². The minimum Gasteiger partial charge on any atom is -0.481 e. The fraction of sp³-hybridized carbons (Fsp3) is 0.464. The van der Waals surface area contributed by atoms with Crippen LogP contribution in [-0.2, 0) is 27.1 Å². The third-order valence-corrected chi connectivity index (χ3v) is 7.70. The molecule has 0 aliphatic carbocycles. The van der Waals surface area contributed by atoms with E-state index >= 15 is 0 Å². The zero-order valence-corrected chi connectivity index (χ0v) is 21.9. The number of alkyl halides is 4. The van der Waals surface area contributed by atoms with Gasteiger partial charge in [0.15, 0.2) is 0 Å². The monoisotopic (exact) mass is 563 g/mol. The maximum absolute atomic E-state index is 14.5. The number of carbonyl (C=O) groups is 2. The van der Waals surface area contributed by atoms with Crippen LogP contribution in [0.4, 0.5) is 28.0 Å². The molecular formula is C28H29F4N3O5. The SMILES string of the molecule is COC(=O)N1c2ccc3c(nc(C[C@@H](C(=O)O)c4ccc(C(F)F)cc4)n3[C@H]3COCC(F)(F)C3)c2CC[C@@H]1C. The van der Waals surface area contributed by atoms with Crippen LogP contribution in [0.2, 0.25) is 0 Å². The number of methoxy groups -OCH3 is 1. The van der Waals surface area contributed by atoms with Gasteiger partial charge in [-0.25, -0.2) is 27.3 Å². The van der Waals surface area contributed by atoms with Gasteiger partial charge in [-0.1, -0.05) is 24.3 Å². The summed E-state index contributed by atoms with van der Waals surface area (Å²) in [6.45, 7) is 1.17. The van der Waals surface area contributed by atoms with Crippen molar-refractivity contribution in [2.45, 2.75) is 63.0 Å². The first kappa shape index (κ1) is 27.9. The van der Waals surface area contributed by atoms with Gasteiger partial charge in [0.25, 0.3) is 12.3 Å². The molecule has 2 aromatic carbocycles. The molecule has 3 heterocycles. The second kappa shape index (κ2) is 10.7. The van der Waals surface area contributed by atoms with Crippen LogP contribution in [0.3, 0.4) is 0 Å². The third kappa shape index (κ3) is 5.12. The first-order valence-corrected chi connectivity index (χ1v) is 13.0. The molecular weight excluding hydrogens is 534 g/mol. The highest BCUT2D eigenvalue weighted by Gasteiger charge is 2.40. The minimum absolute atomic E-state index is 0.0166. The number of benzene rings is 2. The average Bonchev–Trinajstić information content (AvgIpc) is 3.29. The molecule has 1 saturated heterocycles. The summed E-state index contributed by atoms with van der Waals surface area (Å²) < 4.78 is 66.9. The maximum atomic E-state index is 14.5. The van der Waals surface area contributed by atoms with Gasteiger partial charge in [0, 0.05) is 30.0 Å². The number of aryl methyl sites for hydroxylation is 1. The number of imidazole rings is 1. The van der Waals surface area contributed by atoms with Crippen molar-refractivity contribution in [3.63, 3.8) is 0 Å². The van der Waals surface area contributed by atoms with Crippen LogP contribution in [0.5, 0.6) is 0 Å². The molecule has 0 unspecified atom stereocenters. The van der Waals surface area contributed by atoms with Crippen LogP contribution in [-0.4, -0.2) is 59.0 Å². The Morgan fingerprint density at radius 3 is 2.50 bits per heavy atom. The molecule has 1 N–H and O–H groups in total. The molecule has 0 spiro atoms. The van der Waals surface area contributed by atoms with Crippen LogP contribution in [0.1, 0.15) is 60.7 Å². The van der Waals surface area contributed by atoms with E-state index in [-0.39, 0.29) is 36.0 Å². The highest BCUT2D eigenvalue weighted by atomic mass is 19.3. The van der Waals surface area contributed by atoms with E-state index in [4.69, 9.17) is 14.5 Å². The zero-order chi connectivity index (χ0) is 28.8. The van der Waals surface area contributed by atoms with Crippen molar-refractivity contribution in [3.8, 4) is 0 Å². The van der Waals surface area contributed by atoms with Gasteiger partial charge in [-0.05, 0) is 37.5 Å². The number of aromatic nitrogens is 2. The summed E-state index contributed by atoms with van der Waals surface area (Å²) in [5.74, 6) is -5.21. The third-order valence-electron chi connectivity index (χ3n) is 7.70. The predicted octanol–water partition coefficient (Wildman–Crippen LogP) is 5.89. The number of fused-ring (bicyclic) bond motifs is 3. The number of anilines is 1. The molecule has 1 aromatic heterocycles. The number of carbonyl (C=O) groups excluding carboxylic acids is 1. The Kier molecular flexibility index (Phi) is 7.47. The number of aliphatic carboxylic acids is 1. The maximum Gasteiger partial charge on any atom is 0.414 e. The van der Waals surface area contributed by atoms with Crippen LogP contribution in [0.15, 0.2) is 36.4 Å². The first-order valence-electron chi connectivity index (χ1n) is 13.0. The standard InChI is InChI=1S/C28H29F4N3O5/c1-15-3-8-19-21(34(15)27(38)39-2)9-10-22-24(19)33-23(35(22)18-12-28(31,32)14-40-13-18)11-20(26(36)37)16-4-6-17(7-5-16)25(29)30/h4-7,9-10,15,18,20,25H,3,8,11-14H2,1-2H3,(H,36,37)/t15-,18+,20+/m0/s1. The van der Waals surface area contributed by atoms with E-state index in [1.54, 1.807) is 16.7 Å². The normalized spacial score (nSPS) is 21.3. The van der Waals surface area contributed by atoms with E-state index in [2.05, 4.69) is 0 Å². The van der Waals surface area contributed by atoms with Gasteiger partial charge in [-0.2, -0.15) is 0 Å². The van der Waals surface area contributed by atoms with E-state index < -0.39 is 49.4 Å². The Morgan fingerprint density at radius 2 is 1.88 bits per heavy atom. The highest BCUT2D eigenvalue weighted by Crippen LogP contribution is 2.40. The molecule has 3 aromatic rings. The van der Waals surface area contributed by atoms with Crippen molar-refractivity contribution in [3.05, 3.63) is 58.9 Å². The molecule has 3 atom stereocenters. The van der Waals surface area contributed by atoms with Crippen molar-refractivity contribution in [1.82, 2.24) is 9.55 Å².